The van der Waals surface area contributed by atoms with Gasteiger partial charge >= 0.3 is 0 Å². The smallest absolute Gasteiger partial charge is 0.0904 e. The fourth-order valence-corrected chi connectivity index (χ4v) is 1.65. The van der Waals surface area contributed by atoms with Gasteiger partial charge in [-0.15, -0.1) is 11.8 Å². The first kappa shape index (κ1) is 8.38. The van der Waals surface area contributed by atoms with Crippen molar-refractivity contribution in [2.24, 2.45) is 5.10 Å². The molecule has 0 amide bonds. The second-order valence-corrected chi connectivity index (χ2v) is 3.54. The number of thioether (sulfide) groups is 1. The van der Waals surface area contributed by atoms with E-state index < -0.39 is 0 Å². The van der Waals surface area contributed by atoms with Crippen molar-refractivity contribution >= 4 is 18.0 Å². The molecule has 66 valence electrons. The maximum atomic E-state index is 4.29. The van der Waals surface area contributed by atoms with E-state index in [-0.39, 0.29) is 0 Å². The second-order valence-electron chi connectivity index (χ2n) is 2.68. The molecule has 1 aliphatic heterocycles. The monoisotopic (exact) mass is 190 g/mol. The molecule has 1 heterocycles. The van der Waals surface area contributed by atoms with Gasteiger partial charge in [-0.05, 0) is 11.0 Å². The molecule has 2 rings (SSSR count). The van der Waals surface area contributed by atoms with Crippen LogP contribution in [0.4, 0.5) is 0 Å². The molecule has 0 aromatic heterocycles. The van der Waals surface area contributed by atoms with Crippen LogP contribution >= 0.6 is 11.8 Å². The molecule has 0 spiro atoms. The van der Waals surface area contributed by atoms with Gasteiger partial charge in [0.15, 0.2) is 0 Å². The number of hydrogen-bond donors (Lipinski definition) is 0. The van der Waals surface area contributed by atoms with Crippen molar-refractivity contribution in [3.63, 3.8) is 0 Å². The number of nitrogens with zero attached hydrogens (tertiary/aromatic N) is 2. The lowest BCUT2D eigenvalue weighted by Gasteiger charge is -2.05. The fourth-order valence-electron chi connectivity index (χ4n) is 1.03. The van der Waals surface area contributed by atoms with E-state index in [1.807, 2.05) is 53.2 Å². The maximum Gasteiger partial charge on any atom is 0.0904 e. The zero-order valence-electron chi connectivity index (χ0n) is 7.13. The SMILES string of the molecule is C1=CN(N=Cc2ccccc2)CS1. The second kappa shape index (κ2) is 4.14. The van der Waals surface area contributed by atoms with Gasteiger partial charge in [-0.2, -0.15) is 5.10 Å². The Kier molecular flexibility index (Phi) is 2.67. The summed E-state index contributed by atoms with van der Waals surface area (Å²) in [6, 6.07) is 10.1. The Bertz CT molecular complexity index is 319. The van der Waals surface area contributed by atoms with Crippen LogP contribution in [0, 0.1) is 0 Å². The van der Waals surface area contributed by atoms with Gasteiger partial charge in [0, 0.05) is 6.20 Å². The highest BCUT2D eigenvalue weighted by Gasteiger charge is 1.99. The maximum absolute atomic E-state index is 4.29. The third-order valence-corrected chi connectivity index (χ3v) is 2.42. The molecule has 0 saturated heterocycles. The molecule has 0 N–H and O–H groups in total. The van der Waals surface area contributed by atoms with E-state index >= 15 is 0 Å². The third-order valence-electron chi connectivity index (χ3n) is 1.69. The third kappa shape index (κ3) is 2.36. The first-order valence-corrected chi connectivity index (χ1v) is 5.14. The van der Waals surface area contributed by atoms with Crippen molar-refractivity contribution in [1.82, 2.24) is 5.01 Å². The molecule has 0 fully saturated rings. The van der Waals surface area contributed by atoms with Gasteiger partial charge in [0.2, 0.25) is 0 Å². The minimum absolute atomic E-state index is 0.920. The van der Waals surface area contributed by atoms with E-state index in [2.05, 4.69) is 5.10 Å². The van der Waals surface area contributed by atoms with Gasteiger partial charge < -0.3 is 0 Å². The lowest BCUT2D eigenvalue weighted by atomic mass is 10.2. The van der Waals surface area contributed by atoms with E-state index in [1.165, 1.54) is 0 Å². The van der Waals surface area contributed by atoms with Gasteiger partial charge in [0.25, 0.3) is 0 Å². The van der Waals surface area contributed by atoms with E-state index in [0.717, 1.165) is 11.4 Å². The van der Waals surface area contributed by atoms with E-state index in [0.29, 0.717) is 0 Å². The minimum Gasteiger partial charge on any atom is -0.262 e. The van der Waals surface area contributed by atoms with Crippen LogP contribution in [0.1, 0.15) is 5.56 Å². The summed E-state index contributed by atoms with van der Waals surface area (Å²) in [6.45, 7) is 0. The summed E-state index contributed by atoms with van der Waals surface area (Å²) in [5, 5.41) is 8.25. The summed E-state index contributed by atoms with van der Waals surface area (Å²) in [4.78, 5) is 0. The van der Waals surface area contributed by atoms with Crippen LogP contribution < -0.4 is 0 Å². The molecule has 0 atom stereocenters. The average molecular weight is 190 g/mol. The predicted molar refractivity (Wildman–Crippen MR) is 57.5 cm³/mol. The zero-order chi connectivity index (χ0) is 8.93. The van der Waals surface area contributed by atoms with Crippen molar-refractivity contribution in [2.75, 3.05) is 5.88 Å². The molecular weight excluding hydrogens is 180 g/mol. The molecule has 1 aliphatic rings. The van der Waals surface area contributed by atoms with Crippen molar-refractivity contribution in [3.05, 3.63) is 47.5 Å². The standard InChI is InChI=1S/C10H10N2S/c1-2-4-10(5-3-1)8-11-12-6-7-13-9-12/h1-8H,9H2. The molecule has 1 aromatic carbocycles. The van der Waals surface area contributed by atoms with Crippen LogP contribution in [-0.4, -0.2) is 17.1 Å². The highest BCUT2D eigenvalue weighted by molar-refractivity contribution is 8.02. The first-order valence-electron chi connectivity index (χ1n) is 4.09. The van der Waals surface area contributed by atoms with Crippen LogP contribution in [0.25, 0.3) is 0 Å². The molecule has 2 nitrogen and oxygen atoms in total. The molecule has 13 heavy (non-hydrogen) atoms. The Morgan fingerprint density at radius 3 is 2.85 bits per heavy atom. The number of hydrazone groups is 1. The lowest BCUT2D eigenvalue weighted by molar-refractivity contribution is 0.482. The predicted octanol–water partition coefficient (Wildman–Crippen LogP) is 2.50. The van der Waals surface area contributed by atoms with Crippen molar-refractivity contribution in [3.8, 4) is 0 Å². The van der Waals surface area contributed by atoms with Crippen LogP contribution in [0.2, 0.25) is 0 Å². The Balaban J connectivity index is 2.01. The van der Waals surface area contributed by atoms with Gasteiger partial charge in [-0.1, -0.05) is 30.3 Å². The summed E-state index contributed by atoms with van der Waals surface area (Å²) >= 11 is 1.75. The van der Waals surface area contributed by atoms with Crippen molar-refractivity contribution in [1.29, 1.82) is 0 Å². The normalized spacial score (nSPS) is 15.8. The van der Waals surface area contributed by atoms with E-state index in [9.17, 15) is 0 Å². The number of rotatable bonds is 2. The molecular formula is C10H10N2S. The summed E-state index contributed by atoms with van der Waals surface area (Å²) < 4.78 is 0. The summed E-state index contributed by atoms with van der Waals surface area (Å²) in [5.74, 6) is 0.920. The van der Waals surface area contributed by atoms with Crippen LogP contribution in [0.5, 0.6) is 0 Å². The van der Waals surface area contributed by atoms with Crippen molar-refractivity contribution in [2.45, 2.75) is 0 Å². The Morgan fingerprint density at radius 1 is 1.31 bits per heavy atom. The average Bonchev–Trinajstić information content (AvgIpc) is 2.69. The van der Waals surface area contributed by atoms with Gasteiger partial charge in [-0.3, -0.25) is 5.01 Å². The fraction of sp³-hybridized carbons (Fsp3) is 0.100. The first-order chi connectivity index (χ1) is 6.45. The molecule has 3 heteroatoms. The quantitative estimate of drug-likeness (QED) is 0.666. The van der Waals surface area contributed by atoms with Gasteiger partial charge in [0.05, 0.1) is 12.1 Å². The molecule has 0 radical (unpaired) electrons. The topological polar surface area (TPSA) is 15.6 Å². The van der Waals surface area contributed by atoms with Crippen LogP contribution in [-0.2, 0) is 0 Å². The Morgan fingerprint density at radius 2 is 2.15 bits per heavy atom. The molecule has 0 unspecified atom stereocenters. The summed E-state index contributed by atoms with van der Waals surface area (Å²) in [7, 11) is 0. The Hall–Kier alpha value is -1.22. The van der Waals surface area contributed by atoms with E-state index in [1.54, 1.807) is 11.8 Å². The Labute approximate surface area is 81.9 Å². The van der Waals surface area contributed by atoms with E-state index in [4.69, 9.17) is 0 Å². The highest BCUT2D eigenvalue weighted by Crippen LogP contribution is 2.14. The molecule has 0 aliphatic carbocycles. The number of benzene rings is 1. The van der Waals surface area contributed by atoms with Crippen LogP contribution in [0.3, 0.4) is 0 Å². The molecule has 0 saturated carbocycles. The van der Waals surface area contributed by atoms with Crippen LogP contribution in [0.15, 0.2) is 47.0 Å². The lowest BCUT2D eigenvalue weighted by Crippen LogP contribution is -2.04. The van der Waals surface area contributed by atoms with Gasteiger partial charge in [0.1, 0.15) is 0 Å². The summed E-state index contributed by atoms with van der Waals surface area (Å²) in [5.41, 5.74) is 1.13. The largest absolute Gasteiger partial charge is 0.262 e. The minimum atomic E-state index is 0.920. The van der Waals surface area contributed by atoms with Crippen molar-refractivity contribution < 1.29 is 0 Å². The molecule has 1 aromatic rings. The zero-order valence-corrected chi connectivity index (χ0v) is 7.95. The summed E-state index contributed by atoms with van der Waals surface area (Å²) in [6.07, 6.45) is 3.85. The van der Waals surface area contributed by atoms with Gasteiger partial charge in [-0.25, -0.2) is 0 Å². The highest BCUT2D eigenvalue weighted by atomic mass is 32.2. The number of hydrogen-bond acceptors (Lipinski definition) is 3. The molecule has 0 bridgehead atoms.